The van der Waals surface area contributed by atoms with Crippen molar-refractivity contribution in [1.29, 1.82) is 0 Å². The molecule has 25 heavy (non-hydrogen) atoms. The van der Waals surface area contributed by atoms with Gasteiger partial charge < -0.3 is 10.1 Å². The van der Waals surface area contributed by atoms with Gasteiger partial charge >= 0.3 is 0 Å². The number of nitrogens with zero attached hydrogens (tertiary/aromatic N) is 1. The highest BCUT2D eigenvalue weighted by Gasteiger charge is 2.18. The Balaban J connectivity index is 2.02. The van der Waals surface area contributed by atoms with Crippen LogP contribution in [0.15, 0.2) is 48.7 Å². The first-order valence-electron chi connectivity index (χ1n) is 7.86. The zero-order valence-electron chi connectivity index (χ0n) is 13.9. The van der Waals surface area contributed by atoms with E-state index in [2.05, 4.69) is 5.32 Å². The predicted molar refractivity (Wildman–Crippen MR) is 98.8 cm³/mol. The van der Waals surface area contributed by atoms with Gasteiger partial charge in [0.2, 0.25) is 5.91 Å². The molecular weight excluding hydrogens is 340 g/mol. The van der Waals surface area contributed by atoms with Gasteiger partial charge in [-0.1, -0.05) is 29.8 Å². The van der Waals surface area contributed by atoms with Crippen molar-refractivity contribution in [3.8, 4) is 5.75 Å². The summed E-state index contributed by atoms with van der Waals surface area (Å²) in [6.45, 7) is 3.81. The first kappa shape index (κ1) is 17.0. The van der Waals surface area contributed by atoms with Gasteiger partial charge in [0, 0.05) is 23.5 Å². The van der Waals surface area contributed by atoms with Gasteiger partial charge in [-0.3, -0.25) is 14.2 Å². The molecule has 5 nitrogen and oxygen atoms in total. The molecule has 0 aliphatic carbocycles. The van der Waals surface area contributed by atoms with Gasteiger partial charge in [-0.05, 0) is 31.2 Å². The number of amides is 1. The van der Waals surface area contributed by atoms with Crippen molar-refractivity contribution in [3.05, 3.63) is 59.2 Å². The molecule has 0 aliphatic heterocycles. The zero-order chi connectivity index (χ0) is 18.0. The van der Waals surface area contributed by atoms with Crippen LogP contribution in [0.4, 0.5) is 5.69 Å². The average Bonchev–Trinajstić information content (AvgIpc) is 2.96. The number of hydrogen-bond donors (Lipinski definition) is 1. The first-order chi connectivity index (χ1) is 12.0. The molecule has 0 spiro atoms. The number of ether oxygens (including phenoxy) is 1. The molecule has 6 heteroatoms. The van der Waals surface area contributed by atoms with Gasteiger partial charge in [-0.15, -0.1) is 0 Å². The monoisotopic (exact) mass is 356 g/mol. The molecule has 0 unspecified atom stereocenters. The van der Waals surface area contributed by atoms with Crippen molar-refractivity contribution in [2.75, 3.05) is 11.9 Å². The third-order valence-electron chi connectivity index (χ3n) is 3.79. The summed E-state index contributed by atoms with van der Waals surface area (Å²) in [5, 5.41) is 4.01. The average molecular weight is 357 g/mol. The van der Waals surface area contributed by atoms with Crippen molar-refractivity contribution in [2.45, 2.75) is 13.8 Å². The van der Waals surface area contributed by atoms with E-state index >= 15 is 0 Å². The Labute approximate surface area is 150 Å². The smallest absolute Gasteiger partial charge is 0.257 e. The summed E-state index contributed by atoms with van der Waals surface area (Å²) in [7, 11) is 0. The number of halogens is 1. The lowest BCUT2D eigenvalue weighted by Crippen LogP contribution is -2.13. The largest absolute Gasteiger partial charge is 0.492 e. The third-order valence-corrected chi connectivity index (χ3v) is 4.02. The number of benzene rings is 2. The van der Waals surface area contributed by atoms with Crippen molar-refractivity contribution in [2.24, 2.45) is 0 Å². The molecule has 1 heterocycles. The van der Waals surface area contributed by atoms with E-state index < -0.39 is 0 Å². The summed E-state index contributed by atoms with van der Waals surface area (Å²) >= 11 is 6.03. The van der Waals surface area contributed by atoms with Crippen molar-refractivity contribution >= 4 is 40.0 Å². The molecule has 3 rings (SSSR count). The van der Waals surface area contributed by atoms with Crippen molar-refractivity contribution in [1.82, 2.24) is 4.57 Å². The number of aromatic nitrogens is 1. The Bertz CT molecular complexity index is 962. The molecule has 0 aliphatic rings. The molecule has 1 N–H and O–H groups in total. The summed E-state index contributed by atoms with van der Waals surface area (Å²) in [6, 6.07) is 12.3. The van der Waals surface area contributed by atoms with E-state index in [-0.39, 0.29) is 11.8 Å². The number of anilines is 1. The van der Waals surface area contributed by atoms with E-state index in [4.69, 9.17) is 16.3 Å². The maximum atomic E-state index is 12.8. The summed E-state index contributed by atoms with van der Waals surface area (Å²) in [5.41, 5.74) is 1.57. The van der Waals surface area contributed by atoms with Gasteiger partial charge in [-0.2, -0.15) is 0 Å². The normalized spacial score (nSPS) is 10.7. The summed E-state index contributed by atoms with van der Waals surface area (Å²) in [4.78, 5) is 24.7. The zero-order valence-corrected chi connectivity index (χ0v) is 14.6. The molecule has 0 saturated carbocycles. The maximum absolute atomic E-state index is 12.8. The van der Waals surface area contributed by atoms with E-state index in [1.54, 1.807) is 30.3 Å². The molecule has 0 saturated heterocycles. The molecule has 128 valence electrons. The number of fused-ring (bicyclic) bond motifs is 1. The second-order valence-corrected chi connectivity index (χ2v) is 5.91. The van der Waals surface area contributed by atoms with Crippen LogP contribution in [0.25, 0.3) is 10.9 Å². The molecular formula is C19H17ClN2O3. The molecule has 2 aromatic carbocycles. The Hall–Kier alpha value is -2.79. The van der Waals surface area contributed by atoms with Gasteiger partial charge in [0.15, 0.2) is 0 Å². The Morgan fingerprint density at radius 2 is 1.96 bits per heavy atom. The topological polar surface area (TPSA) is 60.3 Å². The van der Waals surface area contributed by atoms with E-state index in [9.17, 15) is 9.59 Å². The van der Waals surface area contributed by atoms with Gasteiger partial charge in [-0.25, -0.2) is 0 Å². The van der Waals surface area contributed by atoms with E-state index in [0.29, 0.717) is 39.5 Å². The van der Waals surface area contributed by atoms with Crippen molar-refractivity contribution < 1.29 is 14.3 Å². The fourth-order valence-corrected chi connectivity index (χ4v) is 2.85. The van der Waals surface area contributed by atoms with E-state index in [1.165, 1.54) is 17.7 Å². The predicted octanol–water partition coefficient (Wildman–Crippen LogP) is 4.61. The minimum Gasteiger partial charge on any atom is -0.492 e. The van der Waals surface area contributed by atoms with Gasteiger partial charge in [0.1, 0.15) is 5.75 Å². The highest BCUT2D eigenvalue weighted by atomic mass is 35.5. The van der Waals surface area contributed by atoms with Crippen LogP contribution in [-0.2, 0) is 0 Å². The van der Waals surface area contributed by atoms with Gasteiger partial charge in [0.05, 0.1) is 23.4 Å². The van der Waals surface area contributed by atoms with Crippen molar-refractivity contribution in [3.63, 3.8) is 0 Å². The Morgan fingerprint density at radius 3 is 2.68 bits per heavy atom. The standard InChI is InChI=1S/C19H17ClN2O3/c1-3-25-18-7-5-4-6-16(18)21-19(24)15-11-22(12(2)23)17-10-13(20)8-9-14(15)17/h4-11H,3H2,1-2H3,(H,21,24). The van der Waals surface area contributed by atoms with Crippen LogP contribution in [0.5, 0.6) is 5.75 Å². The summed E-state index contributed by atoms with van der Waals surface area (Å²) in [6.07, 6.45) is 1.53. The van der Waals surface area contributed by atoms with E-state index in [1.807, 2.05) is 19.1 Å². The quantitative estimate of drug-likeness (QED) is 0.742. The number of para-hydroxylation sites is 2. The molecule has 1 amide bonds. The first-order valence-corrected chi connectivity index (χ1v) is 8.23. The lowest BCUT2D eigenvalue weighted by Gasteiger charge is -2.10. The third kappa shape index (κ3) is 3.37. The highest BCUT2D eigenvalue weighted by Crippen LogP contribution is 2.28. The number of rotatable bonds is 4. The minimum atomic E-state index is -0.320. The molecule has 0 radical (unpaired) electrons. The molecule has 3 aromatic rings. The van der Waals surface area contributed by atoms with E-state index in [0.717, 1.165) is 0 Å². The van der Waals surface area contributed by atoms with Crippen LogP contribution in [-0.4, -0.2) is 23.0 Å². The van der Waals surface area contributed by atoms with Crippen LogP contribution >= 0.6 is 11.6 Å². The summed E-state index contributed by atoms with van der Waals surface area (Å²) in [5.74, 6) is 0.0807. The second kappa shape index (κ2) is 6.99. The minimum absolute atomic E-state index is 0.193. The van der Waals surface area contributed by atoms with Gasteiger partial charge in [0.25, 0.3) is 5.91 Å². The highest BCUT2D eigenvalue weighted by molar-refractivity contribution is 6.31. The molecule has 0 bridgehead atoms. The lowest BCUT2D eigenvalue weighted by atomic mass is 10.1. The Kier molecular flexibility index (Phi) is 4.76. The van der Waals surface area contributed by atoms with Crippen LogP contribution in [0.3, 0.4) is 0 Å². The Morgan fingerprint density at radius 1 is 1.20 bits per heavy atom. The molecule has 1 aromatic heterocycles. The fraction of sp³-hybridized carbons (Fsp3) is 0.158. The SMILES string of the molecule is CCOc1ccccc1NC(=O)c1cn(C(C)=O)c2cc(Cl)ccc12. The summed E-state index contributed by atoms with van der Waals surface area (Å²) < 4.78 is 6.95. The van der Waals surface area contributed by atoms with Crippen LogP contribution in [0.1, 0.15) is 29.0 Å². The lowest BCUT2D eigenvalue weighted by molar-refractivity contribution is 0.0941. The number of hydrogen-bond acceptors (Lipinski definition) is 3. The maximum Gasteiger partial charge on any atom is 0.257 e. The fourth-order valence-electron chi connectivity index (χ4n) is 2.68. The molecule has 0 fully saturated rings. The van der Waals surface area contributed by atoms with Crippen LogP contribution in [0.2, 0.25) is 5.02 Å². The second-order valence-electron chi connectivity index (χ2n) is 5.48. The van der Waals surface area contributed by atoms with Crippen LogP contribution in [0, 0.1) is 0 Å². The number of carbonyl (C=O) groups is 2. The molecule has 0 atom stereocenters. The number of carbonyl (C=O) groups excluding carboxylic acids is 2. The van der Waals surface area contributed by atoms with Crippen LogP contribution < -0.4 is 10.1 Å². The number of nitrogens with one attached hydrogen (secondary N) is 1.